The number of nitrogens with zero attached hydrogens (tertiary/aromatic N) is 1. The molecule has 0 heterocycles. The van der Waals surface area contributed by atoms with Gasteiger partial charge in [0.1, 0.15) is 6.04 Å². The first-order valence-corrected chi connectivity index (χ1v) is 5.57. The van der Waals surface area contributed by atoms with Crippen LogP contribution in [0, 0.1) is 0 Å². The molecule has 0 spiro atoms. The van der Waals surface area contributed by atoms with Gasteiger partial charge in [-0.2, -0.15) is 0 Å². The minimum Gasteiger partial charge on any atom is -0.370 e. The summed E-state index contributed by atoms with van der Waals surface area (Å²) < 4.78 is 0. The normalized spacial score (nSPS) is 11.4. The average molecular weight is 243 g/mol. The summed E-state index contributed by atoms with van der Waals surface area (Å²) in [6, 6.07) is -0.526. The zero-order chi connectivity index (χ0) is 13.3. The van der Waals surface area contributed by atoms with Crippen LogP contribution in [0.5, 0.6) is 0 Å². The van der Waals surface area contributed by atoms with Gasteiger partial charge >= 0.3 is 0 Å². The van der Waals surface area contributed by atoms with Crippen LogP contribution >= 0.6 is 0 Å². The molecule has 0 saturated carbocycles. The van der Waals surface area contributed by atoms with Crippen LogP contribution < -0.4 is 22.1 Å². The third-order valence-corrected chi connectivity index (χ3v) is 1.99. The van der Waals surface area contributed by atoms with Crippen LogP contribution in [0.2, 0.25) is 0 Å². The van der Waals surface area contributed by atoms with E-state index in [4.69, 9.17) is 11.5 Å². The zero-order valence-corrected chi connectivity index (χ0v) is 10.3. The van der Waals surface area contributed by atoms with Gasteiger partial charge in [-0.1, -0.05) is 0 Å². The molecule has 0 aliphatic heterocycles. The average Bonchev–Trinajstić information content (AvgIpc) is 2.22. The minimum absolute atomic E-state index is 0.0269. The van der Waals surface area contributed by atoms with Crippen molar-refractivity contribution in [3.05, 3.63) is 0 Å². The lowest BCUT2D eigenvalue weighted by Gasteiger charge is -2.16. The Morgan fingerprint density at radius 1 is 1.35 bits per heavy atom. The van der Waals surface area contributed by atoms with E-state index in [9.17, 15) is 9.59 Å². The second kappa shape index (κ2) is 8.37. The lowest BCUT2D eigenvalue weighted by Crippen LogP contribution is -2.46. The number of hydrogen-bond acceptors (Lipinski definition) is 3. The summed E-state index contributed by atoms with van der Waals surface area (Å²) >= 11 is 0. The predicted molar refractivity (Wildman–Crippen MR) is 66.2 cm³/mol. The molecule has 0 saturated heterocycles. The molecule has 0 aromatic heterocycles. The third-order valence-electron chi connectivity index (χ3n) is 1.99. The fourth-order valence-corrected chi connectivity index (χ4v) is 1.32. The fraction of sp³-hybridized carbons (Fsp3) is 0.700. The number of nitrogens with two attached hydrogens (primary N) is 2. The molecular formula is C10H21N5O2. The smallest absolute Gasteiger partial charge is 0.242 e. The SMILES string of the molecule is CCNC(=O)[C@H](CCCN=C(N)N)NC(C)=O. The predicted octanol–water partition coefficient (Wildman–Crippen LogP) is -1.32. The monoisotopic (exact) mass is 243 g/mol. The quantitative estimate of drug-likeness (QED) is 0.251. The number of aliphatic imine (C=N–C) groups is 1. The Morgan fingerprint density at radius 3 is 2.47 bits per heavy atom. The van der Waals surface area contributed by atoms with Gasteiger partial charge in [-0.3, -0.25) is 14.6 Å². The second-order valence-electron chi connectivity index (χ2n) is 3.60. The highest BCUT2D eigenvalue weighted by atomic mass is 16.2. The van der Waals surface area contributed by atoms with Crippen molar-refractivity contribution < 1.29 is 9.59 Å². The van der Waals surface area contributed by atoms with E-state index in [-0.39, 0.29) is 17.8 Å². The van der Waals surface area contributed by atoms with E-state index in [1.165, 1.54) is 6.92 Å². The number of hydrogen-bond donors (Lipinski definition) is 4. The van der Waals surface area contributed by atoms with Gasteiger partial charge < -0.3 is 22.1 Å². The highest BCUT2D eigenvalue weighted by Crippen LogP contribution is 1.98. The first kappa shape index (κ1) is 15.2. The van der Waals surface area contributed by atoms with Gasteiger partial charge in [-0.15, -0.1) is 0 Å². The van der Waals surface area contributed by atoms with Gasteiger partial charge in [0.05, 0.1) is 0 Å². The van der Waals surface area contributed by atoms with E-state index in [0.29, 0.717) is 25.9 Å². The summed E-state index contributed by atoms with van der Waals surface area (Å²) in [7, 11) is 0. The number of guanidine groups is 1. The maximum Gasteiger partial charge on any atom is 0.242 e. The van der Waals surface area contributed by atoms with Crippen molar-refractivity contribution in [3.63, 3.8) is 0 Å². The zero-order valence-electron chi connectivity index (χ0n) is 10.3. The first-order chi connectivity index (χ1) is 7.97. The number of nitrogens with one attached hydrogen (secondary N) is 2. The Balaban J connectivity index is 4.14. The molecule has 0 radical (unpaired) electrons. The molecule has 7 heteroatoms. The topological polar surface area (TPSA) is 123 Å². The highest BCUT2D eigenvalue weighted by molar-refractivity contribution is 5.86. The third kappa shape index (κ3) is 8.06. The summed E-state index contributed by atoms with van der Waals surface area (Å²) in [6.07, 6.45) is 1.13. The minimum atomic E-state index is -0.526. The molecule has 2 amide bonds. The maximum atomic E-state index is 11.6. The molecule has 0 aliphatic rings. The van der Waals surface area contributed by atoms with E-state index < -0.39 is 6.04 Å². The first-order valence-electron chi connectivity index (χ1n) is 5.57. The second-order valence-corrected chi connectivity index (χ2v) is 3.60. The van der Waals surface area contributed by atoms with Crippen molar-refractivity contribution in [2.24, 2.45) is 16.5 Å². The summed E-state index contributed by atoms with van der Waals surface area (Å²) in [5, 5.41) is 5.25. The summed E-state index contributed by atoms with van der Waals surface area (Å²) in [5.41, 5.74) is 10.4. The Bertz CT molecular complexity index is 286. The standard InChI is InChI=1S/C10H21N5O2/c1-3-13-9(17)8(15-7(2)16)5-4-6-14-10(11)12/h8H,3-6H2,1-2H3,(H,13,17)(H,15,16)(H4,11,12,14)/t8-/m0/s1. The Morgan fingerprint density at radius 2 is 2.00 bits per heavy atom. The van der Waals surface area contributed by atoms with Crippen LogP contribution in [0.3, 0.4) is 0 Å². The highest BCUT2D eigenvalue weighted by Gasteiger charge is 2.17. The van der Waals surface area contributed by atoms with Crippen molar-refractivity contribution in [1.82, 2.24) is 10.6 Å². The molecule has 17 heavy (non-hydrogen) atoms. The summed E-state index contributed by atoms with van der Waals surface area (Å²) in [6.45, 7) is 4.17. The Kier molecular flexibility index (Phi) is 7.49. The fourth-order valence-electron chi connectivity index (χ4n) is 1.32. The van der Waals surface area contributed by atoms with Crippen molar-refractivity contribution in [2.45, 2.75) is 32.7 Å². The number of rotatable bonds is 7. The van der Waals surface area contributed by atoms with Gasteiger partial charge in [-0.05, 0) is 19.8 Å². The van der Waals surface area contributed by atoms with Crippen molar-refractivity contribution in [2.75, 3.05) is 13.1 Å². The Hall–Kier alpha value is -1.79. The van der Waals surface area contributed by atoms with E-state index >= 15 is 0 Å². The van der Waals surface area contributed by atoms with Gasteiger partial charge in [0, 0.05) is 20.0 Å². The number of carbonyl (C=O) groups excluding carboxylic acids is 2. The van der Waals surface area contributed by atoms with Crippen LogP contribution in [0.15, 0.2) is 4.99 Å². The molecule has 0 aromatic rings. The molecule has 0 unspecified atom stereocenters. The lowest BCUT2D eigenvalue weighted by atomic mass is 10.1. The van der Waals surface area contributed by atoms with Crippen molar-refractivity contribution >= 4 is 17.8 Å². The van der Waals surface area contributed by atoms with Gasteiger partial charge in [0.25, 0.3) is 0 Å². The van der Waals surface area contributed by atoms with Crippen molar-refractivity contribution in [3.8, 4) is 0 Å². The Labute approximate surface area is 101 Å². The van der Waals surface area contributed by atoms with Gasteiger partial charge in [-0.25, -0.2) is 0 Å². The largest absolute Gasteiger partial charge is 0.370 e. The molecule has 98 valence electrons. The lowest BCUT2D eigenvalue weighted by molar-refractivity contribution is -0.128. The summed E-state index contributed by atoms with van der Waals surface area (Å²) in [4.78, 5) is 26.3. The molecule has 0 bridgehead atoms. The van der Waals surface area contributed by atoms with E-state index in [1.54, 1.807) is 0 Å². The van der Waals surface area contributed by atoms with E-state index in [2.05, 4.69) is 15.6 Å². The number of amides is 2. The molecular weight excluding hydrogens is 222 g/mol. The molecule has 0 fully saturated rings. The van der Waals surface area contributed by atoms with Crippen LogP contribution in [0.25, 0.3) is 0 Å². The van der Waals surface area contributed by atoms with E-state index in [0.717, 1.165) is 0 Å². The van der Waals surface area contributed by atoms with Crippen LogP contribution in [-0.2, 0) is 9.59 Å². The molecule has 0 aromatic carbocycles. The van der Waals surface area contributed by atoms with Crippen LogP contribution in [0.4, 0.5) is 0 Å². The van der Waals surface area contributed by atoms with Gasteiger partial charge in [0.2, 0.25) is 11.8 Å². The number of carbonyl (C=O) groups is 2. The molecule has 6 N–H and O–H groups in total. The van der Waals surface area contributed by atoms with Crippen molar-refractivity contribution in [1.29, 1.82) is 0 Å². The van der Waals surface area contributed by atoms with Gasteiger partial charge in [0.15, 0.2) is 5.96 Å². The van der Waals surface area contributed by atoms with Crippen LogP contribution in [0.1, 0.15) is 26.7 Å². The van der Waals surface area contributed by atoms with E-state index in [1.807, 2.05) is 6.92 Å². The number of likely N-dealkylation sites (N-methyl/N-ethyl adjacent to an activating group) is 1. The molecule has 7 nitrogen and oxygen atoms in total. The summed E-state index contributed by atoms with van der Waals surface area (Å²) in [5.74, 6) is -0.394. The molecule has 0 rings (SSSR count). The molecule has 0 aliphatic carbocycles. The maximum absolute atomic E-state index is 11.6. The molecule has 1 atom stereocenters. The van der Waals surface area contributed by atoms with Crippen LogP contribution in [-0.4, -0.2) is 36.9 Å².